The second-order valence-corrected chi connectivity index (χ2v) is 6.64. The van der Waals surface area contributed by atoms with Crippen molar-refractivity contribution < 1.29 is 4.79 Å². The first-order valence-corrected chi connectivity index (χ1v) is 8.92. The topological polar surface area (TPSA) is 51.1 Å². The van der Waals surface area contributed by atoms with Gasteiger partial charge in [0, 0.05) is 23.6 Å². The summed E-state index contributed by atoms with van der Waals surface area (Å²) in [6.07, 6.45) is 0.813. The van der Waals surface area contributed by atoms with Gasteiger partial charge in [-0.15, -0.1) is 0 Å². The monoisotopic (exact) mass is 390 g/mol. The molecule has 128 valence electrons. The van der Waals surface area contributed by atoms with E-state index in [1.807, 2.05) is 57.4 Å². The van der Waals surface area contributed by atoms with Crippen LogP contribution in [-0.2, 0) is 13.0 Å². The molecule has 0 aliphatic carbocycles. The number of para-hydroxylation sites is 1. The van der Waals surface area contributed by atoms with E-state index in [1.54, 1.807) is 0 Å². The molecule has 0 radical (unpaired) electrons. The quantitative estimate of drug-likeness (QED) is 0.842. The van der Waals surface area contributed by atoms with Crippen molar-refractivity contribution in [1.82, 2.24) is 4.57 Å². The van der Waals surface area contributed by atoms with E-state index >= 15 is 0 Å². The Morgan fingerprint density at radius 3 is 2.42 bits per heavy atom. The molecule has 5 heteroatoms. The van der Waals surface area contributed by atoms with Crippen molar-refractivity contribution in [3.63, 3.8) is 0 Å². The van der Waals surface area contributed by atoms with Gasteiger partial charge in [-0.2, -0.15) is 0 Å². The van der Waals surface area contributed by atoms with E-state index in [-0.39, 0.29) is 16.9 Å². The third-order valence-electron chi connectivity index (χ3n) is 4.44. The molecule has 0 spiro atoms. The van der Waals surface area contributed by atoms with Gasteiger partial charge in [-0.05, 0) is 61.2 Å². The van der Waals surface area contributed by atoms with E-state index < -0.39 is 0 Å². The van der Waals surface area contributed by atoms with Gasteiger partial charge in [0.2, 0.25) is 5.43 Å². The highest BCUT2D eigenvalue weighted by Crippen LogP contribution is 2.23. The molecular weight excluding hydrogens is 368 g/mol. The number of halogens is 1. The van der Waals surface area contributed by atoms with Crippen molar-refractivity contribution in [3.8, 4) is 0 Å². The highest BCUT2D eigenvalue weighted by Gasteiger charge is 2.21. The van der Waals surface area contributed by atoms with Crippen LogP contribution in [0.2, 0.25) is 0 Å². The zero-order valence-corrected chi connectivity index (χ0v) is 16.4. The summed E-state index contributed by atoms with van der Waals surface area (Å²) in [5, 5.41) is 2.95. The third kappa shape index (κ3) is 3.18. The first kappa shape index (κ1) is 18.5. The average Bonchev–Trinajstić information content (AvgIpc) is 2.55. The van der Waals surface area contributed by atoms with Crippen LogP contribution in [-0.4, -0.2) is 10.5 Å². The summed E-state index contributed by atoms with van der Waals surface area (Å²) in [5.74, 6) is -0.357. The molecule has 0 aliphatic heterocycles. The third-order valence-corrected chi connectivity index (χ3v) is 5.37. The fourth-order valence-electron chi connectivity index (χ4n) is 3.06. The van der Waals surface area contributed by atoms with E-state index in [0.717, 1.165) is 28.9 Å². The normalized spacial score (nSPS) is 10.8. The summed E-state index contributed by atoms with van der Waals surface area (Å²) >= 11 is 3.34. The Labute approximate surface area is 151 Å². The number of aryl methyl sites for hydroxylation is 2. The van der Waals surface area contributed by atoms with Gasteiger partial charge < -0.3 is 9.88 Å². The largest absolute Gasteiger partial charge is 0.347 e. The Kier molecular flexibility index (Phi) is 5.65. The number of anilines is 1. The average molecular weight is 391 g/mol. The summed E-state index contributed by atoms with van der Waals surface area (Å²) in [5.41, 5.74) is 4.29. The molecule has 0 saturated carbocycles. The lowest BCUT2D eigenvalue weighted by molar-refractivity contribution is 0.102. The number of hydrogen-bond donors (Lipinski definition) is 1. The van der Waals surface area contributed by atoms with Crippen LogP contribution < -0.4 is 10.7 Å². The number of carbonyl (C=O) groups is 1. The molecule has 0 unspecified atom stereocenters. The molecule has 1 aromatic carbocycles. The van der Waals surface area contributed by atoms with Crippen LogP contribution in [0.4, 0.5) is 5.69 Å². The molecule has 2 rings (SSSR count). The van der Waals surface area contributed by atoms with Crippen molar-refractivity contribution in [2.75, 3.05) is 5.32 Å². The maximum Gasteiger partial charge on any atom is 0.261 e. The number of nitrogens with zero attached hydrogens (tertiary/aromatic N) is 1. The molecule has 1 amide bonds. The van der Waals surface area contributed by atoms with Gasteiger partial charge in [-0.1, -0.05) is 25.1 Å². The molecule has 0 bridgehead atoms. The van der Waals surface area contributed by atoms with Crippen molar-refractivity contribution in [1.29, 1.82) is 0 Å². The molecule has 1 N–H and O–H groups in total. The van der Waals surface area contributed by atoms with Crippen LogP contribution in [0.1, 0.15) is 46.7 Å². The number of rotatable bonds is 4. The fraction of sp³-hybridized carbons (Fsp3) is 0.368. The summed E-state index contributed by atoms with van der Waals surface area (Å²) < 4.78 is 2.42. The van der Waals surface area contributed by atoms with Crippen LogP contribution in [0.5, 0.6) is 0 Å². The lowest BCUT2D eigenvalue weighted by Crippen LogP contribution is -2.28. The molecular formula is C19H23BrN2O2. The molecule has 4 nitrogen and oxygen atoms in total. The number of carbonyl (C=O) groups excluding carboxylic acids is 1. The first-order chi connectivity index (χ1) is 11.3. The lowest BCUT2D eigenvalue weighted by Gasteiger charge is -2.18. The number of pyridine rings is 1. The Hall–Kier alpha value is -1.88. The lowest BCUT2D eigenvalue weighted by atomic mass is 10.0. The van der Waals surface area contributed by atoms with Gasteiger partial charge in [0.05, 0.1) is 4.47 Å². The van der Waals surface area contributed by atoms with Crippen molar-refractivity contribution in [2.24, 2.45) is 0 Å². The highest BCUT2D eigenvalue weighted by atomic mass is 79.9. The minimum Gasteiger partial charge on any atom is -0.347 e. The maximum absolute atomic E-state index is 12.9. The van der Waals surface area contributed by atoms with Gasteiger partial charge >= 0.3 is 0 Å². The summed E-state index contributed by atoms with van der Waals surface area (Å²) in [6, 6.07) is 5.92. The standard InChI is InChI=1S/C19H23BrN2O2/c1-6-14-10-8-9-11(3)17(14)21-19(24)15-12(4)22(7-2)13(5)16(20)18(15)23/h8-10H,6-7H2,1-5H3,(H,21,24). The Bertz CT molecular complexity index is 853. The zero-order chi connectivity index (χ0) is 18.0. The molecule has 1 heterocycles. The number of benzene rings is 1. The fourth-order valence-corrected chi connectivity index (χ4v) is 3.48. The van der Waals surface area contributed by atoms with E-state index in [4.69, 9.17) is 0 Å². The summed E-state index contributed by atoms with van der Waals surface area (Å²) in [6.45, 7) is 10.4. The second kappa shape index (κ2) is 7.34. The summed E-state index contributed by atoms with van der Waals surface area (Å²) in [7, 11) is 0. The van der Waals surface area contributed by atoms with Crippen LogP contribution >= 0.6 is 15.9 Å². The smallest absolute Gasteiger partial charge is 0.261 e. The van der Waals surface area contributed by atoms with Gasteiger partial charge in [-0.25, -0.2) is 0 Å². The Morgan fingerprint density at radius 1 is 1.17 bits per heavy atom. The van der Waals surface area contributed by atoms with Gasteiger partial charge in [0.15, 0.2) is 0 Å². The number of hydrogen-bond acceptors (Lipinski definition) is 2. The SMILES string of the molecule is CCc1cccc(C)c1NC(=O)c1c(C)n(CC)c(C)c(Br)c1=O. The molecule has 0 fully saturated rings. The predicted molar refractivity (Wildman–Crippen MR) is 102 cm³/mol. The minimum atomic E-state index is -0.357. The van der Waals surface area contributed by atoms with Crippen LogP contribution in [0.15, 0.2) is 27.5 Å². The predicted octanol–water partition coefficient (Wildman–Crippen LogP) is 4.37. The van der Waals surface area contributed by atoms with Crippen molar-refractivity contribution in [2.45, 2.75) is 47.6 Å². The van der Waals surface area contributed by atoms with Crippen LogP contribution in [0, 0.1) is 20.8 Å². The van der Waals surface area contributed by atoms with Gasteiger partial charge in [-0.3, -0.25) is 9.59 Å². The number of aromatic nitrogens is 1. The summed E-state index contributed by atoms with van der Waals surface area (Å²) in [4.78, 5) is 25.5. The van der Waals surface area contributed by atoms with Crippen LogP contribution in [0.25, 0.3) is 0 Å². The van der Waals surface area contributed by atoms with E-state index in [2.05, 4.69) is 21.2 Å². The zero-order valence-electron chi connectivity index (χ0n) is 14.8. The van der Waals surface area contributed by atoms with Gasteiger partial charge in [0.1, 0.15) is 5.56 Å². The second-order valence-electron chi connectivity index (χ2n) is 5.85. The molecule has 0 atom stereocenters. The van der Waals surface area contributed by atoms with Gasteiger partial charge in [0.25, 0.3) is 5.91 Å². The number of nitrogens with one attached hydrogen (secondary N) is 1. The minimum absolute atomic E-state index is 0.194. The maximum atomic E-state index is 12.9. The molecule has 0 aliphatic rings. The van der Waals surface area contributed by atoms with E-state index in [9.17, 15) is 9.59 Å². The van der Waals surface area contributed by atoms with E-state index in [0.29, 0.717) is 16.7 Å². The Balaban J connectivity index is 2.57. The number of amides is 1. The Morgan fingerprint density at radius 2 is 1.83 bits per heavy atom. The molecule has 0 saturated heterocycles. The van der Waals surface area contributed by atoms with E-state index in [1.165, 1.54) is 0 Å². The molecule has 2 aromatic rings. The first-order valence-electron chi connectivity index (χ1n) is 8.12. The van der Waals surface area contributed by atoms with Crippen molar-refractivity contribution >= 4 is 27.5 Å². The highest BCUT2D eigenvalue weighted by molar-refractivity contribution is 9.10. The molecule has 24 heavy (non-hydrogen) atoms. The molecule has 1 aromatic heterocycles. The van der Waals surface area contributed by atoms with Crippen molar-refractivity contribution in [3.05, 3.63) is 61.0 Å². The van der Waals surface area contributed by atoms with Crippen LogP contribution in [0.3, 0.4) is 0 Å².